The Hall–Kier alpha value is -1.56. The third kappa shape index (κ3) is 2.48. The van der Waals surface area contributed by atoms with Gasteiger partial charge in [-0.2, -0.15) is 0 Å². The summed E-state index contributed by atoms with van der Waals surface area (Å²) in [6, 6.07) is 5.05. The van der Waals surface area contributed by atoms with E-state index in [0.29, 0.717) is 21.6 Å². The van der Waals surface area contributed by atoms with Gasteiger partial charge in [-0.25, -0.2) is 0 Å². The second-order valence-corrected chi connectivity index (χ2v) is 4.28. The highest BCUT2D eigenvalue weighted by molar-refractivity contribution is 6.36. The lowest BCUT2D eigenvalue weighted by Crippen LogP contribution is -2.22. The van der Waals surface area contributed by atoms with Crippen LogP contribution >= 0.6 is 11.6 Å². The highest BCUT2D eigenvalue weighted by atomic mass is 35.5. The highest BCUT2D eigenvalue weighted by Crippen LogP contribution is 2.36. The van der Waals surface area contributed by atoms with Crippen LogP contribution in [0, 0.1) is 0 Å². The van der Waals surface area contributed by atoms with Crippen molar-refractivity contribution in [3.63, 3.8) is 0 Å². The lowest BCUT2D eigenvalue weighted by atomic mass is 10.1. The quantitative estimate of drug-likeness (QED) is 0.629. The van der Waals surface area contributed by atoms with E-state index in [-0.39, 0.29) is 18.9 Å². The molecule has 1 aromatic carbocycles. The van der Waals surface area contributed by atoms with Gasteiger partial charge in [-0.15, -0.1) is 0 Å². The number of aromatic nitrogens is 1. The molecule has 0 amide bonds. The molecule has 18 heavy (non-hydrogen) atoms. The van der Waals surface area contributed by atoms with E-state index in [1.54, 1.807) is 24.4 Å². The van der Waals surface area contributed by atoms with Gasteiger partial charge in [0.15, 0.2) is 5.75 Å². The topological polar surface area (TPSA) is 85.6 Å². The van der Waals surface area contributed by atoms with Crippen LogP contribution in [0.1, 0.15) is 0 Å². The van der Waals surface area contributed by atoms with Crippen molar-refractivity contribution in [1.29, 1.82) is 0 Å². The van der Waals surface area contributed by atoms with Crippen molar-refractivity contribution in [2.24, 2.45) is 0 Å². The zero-order valence-corrected chi connectivity index (χ0v) is 10.2. The first-order valence-corrected chi connectivity index (χ1v) is 5.80. The van der Waals surface area contributed by atoms with Gasteiger partial charge >= 0.3 is 0 Å². The maximum Gasteiger partial charge on any atom is 0.165 e. The fourth-order valence-corrected chi connectivity index (χ4v) is 1.88. The molecule has 0 fully saturated rings. The number of anilines is 1. The van der Waals surface area contributed by atoms with E-state index in [1.807, 2.05) is 0 Å². The second-order valence-electron chi connectivity index (χ2n) is 3.87. The van der Waals surface area contributed by atoms with Crippen LogP contribution < -0.4 is 5.32 Å². The van der Waals surface area contributed by atoms with Crippen LogP contribution in [0.4, 0.5) is 5.69 Å². The molecule has 0 radical (unpaired) electrons. The summed E-state index contributed by atoms with van der Waals surface area (Å²) in [5, 5.41) is 31.9. The number of aliphatic hydroxyl groups is 2. The molecule has 4 N–H and O–H groups in total. The van der Waals surface area contributed by atoms with Crippen molar-refractivity contribution >= 4 is 28.2 Å². The van der Waals surface area contributed by atoms with Gasteiger partial charge in [-0.3, -0.25) is 4.98 Å². The second kappa shape index (κ2) is 5.39. The van der Waals surface area contributed by atoms with Crippen LogP contribution in [0.15, 0.2) is 24.4 Å². The molecule has 2 rings (SSSR count). The number of hydrogen-bond acceptors (Lipinski definition) is 5. The summed E-state index contributed by atoms with van der Waals surface area (Å²) in [4.78, 5) is 4.06. The number of aliphatic hydroxyl groups excluding tert-OH is 2. The van der Waals surface area contributed by atoms with Crippen molar-refractivity contribution in [3.8, 4) is 5.75 Å². The summed E-state index contributed by atoms with van der Waals surface area (Å²) in [6.45, 7) is -0.244. The molecule has 0 aliphatic carbocycles. The number of halogens is 1. The van der Waals surface area contributed by atoms with Crippen LogP contribution in [0.5, 0.6) is 5.75 Å². The Labute approximate surface area is 109 Å². The van der Waals surface area contributed by atoms with Gasteiger partial charge in [0, 0.05) is 18.1 Å². The molecule has 0 saturated carbocycles. The third-order valence-electron chi connectivity index (χ3n) is 2.55. The molecule has 0 saturated heterocycles. The van der Waals surface area contributed by atoms with Crippen LogP contribution in [-0.2, 0) is 0 Å². The molecule has 1 aromatic heterocycles. The number of pyridine rings is 1. The summed E-state index contributed by atoms with van der Waals surface area (Å²) in [5.41, 5.74) is 0.768. The van der Waals surface area contributed by atoms with E-state index in [4.69, 9.17) is 16.7 Å². The summed E-state index contributed by atoms with van der Waals surface area (Å²) in [6.07, 6.45) is 0.660. The minimum atomic E-state index is -0.900. The Bertz CT molecular complexity index is 562. The molecule has 0 bridgehead atoms. The van der Waals surface area contributed by atoms with E-state index < -0.39 is 6.10 Å². The van der Waals surface area contributed by atoms with Gasteiger partial charge in [0.25, 0.3) is 0 Å². The maximum absolute atomic E-state index is 10.0. The number of hydrogen-bond donors (Lipinski definition) is 4. The fourth-order valence-electron chi connectivity index (χ4n) is 1.61. The zero-order chi connectivity index (χ0) is 13.1. The van der Waals surface area contributed by atoms with Crippen molar-refractivity contribution < 1.29 is 15.3 Å². The number of nitrogens with zero attached hydrogens (tertiary/aromatic N) is 1. The molecule has 0 aliphatic rings. The molecule has 0 aliphatic heterocycles. The molecular weight excluding hydrogens is 256 g/mol. The number of aromatic hydroxyl groups is 1. The minimum Gasteiger partial charge on any atom is -0.504 e. The Morgan fingerprint density at radius 3 is 2.94 bits per heavy atom. The first-order chi connectivity index (χ1) is 8.63. The van der Waals surface area contributed by atoms with E-state index in [1.165, 1.54) is 0 Å². The van der Waals surface area contributed by atoms with Crippen LogP contribution in [0.3, 0.4) is 0 Å². The maximum atomic E-state index is 10.0. The summed E-state index contributed by atoms with van der Waals surface area (Å²) in [5.74, 6) is -0.0276. The predicted octanol–water partition coefficient (Wildman–Crippen LogP) is 1.36. The molecule has 0 spiro atoms. The number of phenolic OH excluding ortho intramolecular Hbond substituents is 1. The standard InChI is InChI=1S/C12H13ClN2O3/c13-9-4-10(15-5-7(17)6-16)12(18)11-8(9)2-1-3-14-11/h1-4,7,15-18H,5-6H2. The average molecular weight is 269 g/mol. The summed E-state index contributed by atoms with van der Waals surface area (Å²) < 4.78 is 0. The summed E-state index contributed by atoms with van der Waals surface area (Å²) >= 11 is 6.08. The Kier molecular flexibility index (Phi) is 3.86. The molecule has 2 aromatic rings. The fraction of sp³-hybridized carbons (Fsp3) is 0.250. The van der Waals surface area contributed by atoms with Gasteiger partial charge in [-0.05, 0) is 18.2 Å². The van der Waals surface area contributed by atoms with Crippen LogP contribution in [0.2, 0.25) is 5.02 Å². The number of benzene rings is 1. The lowest BCUT2D eigenvalue weighted by Gasteiger charge is -2.13. The van der Waals surface area contributed by atoms with E-state index in [2.05, 4.69) is 10.3 Å². The van der Waals surface area contributed by atoms with E-state index >= 15 is 0 Å². The van der Waals surface area contributed by atoms with E-state index in [0.717, 1.165) is 0 Å². The monoisotopic (exact) mass is 268 g/mol. The van der Waals surface area contributed by atoms with Gasteiger partial charge in [-0.1, -0.05) is 11.6 Å². The first-order valence-electron chi connectivity index (χ1n) is 5.42. The number of phenols is 1. The predicted molar refractivity (Wildman–Crippen MR) is 70.0 cm³/mol. The molecule has 96 valence electrons. The average Bonchev–Trinajstić information content (AvgIpc) is 2.41. The van der Waals surface area contributed by atoms with Crippen molar-refractivity contribution in [2.75, 3.05) is 18.5 Å². The van der Waals surface area contributed by atoms with Crippen LogP contribution in [-0.4, -0.2) is 39.6 Å². The SMILES string of the molecule is OCC(O)CNc1cc(Cl)c2cccnc2c1O. The van der Waals surface area contributed by atoms with Crippen molar-refractivity contribution in [1.82, 2.24) is 4.98 Å². The normalized spacial score (nSPS) is 12.6. The van der Waals surface area contributed by atoms with Gasteiger partial charge < -0.3 is 20.6 Å². The molecule has 1 unspecified atom stereocenters. The van der Waals surface area contributed by atoms with Gasteiger partial charge in [0.05, 0.1) is 23.4 Å². The molecular formula is C12H13ClN2O3. The summed E-state index contributed by atoms with van der Waals surface area (Å²) in [7, 11) is 0. The Morgan fingerprint density at radius 1 is 1.44 bits per heavy atom. The highest BCUT2D eigenvalue weighted by Gasteiger charge is 2.12. The van der Waals surface area contributed by atoms with Gasteiger partial charge in [0.1, 0.15) is 5.52 Å². The molecule has 5 nitrogen and oxygen atoms in total. The number of rotatable bonds is 4. The number of fused-ring (bicyclic) bond motifs is 1. The minimum absolute atomic E-state index is 0.0276. The zero-order valence-electron chi connectivity index (χ0n) is 9.47. The lowest BCUT2D eigenvalue weighted by molar-refractivity contribution is 0.105. The third-order valence-corrected chi connectivity index (χ3v) is 2.87. The molecule has 1 atom stereocenters. The Morgan fingerprint density at radius 2 is 2.22 bits per heavy atom. The van der Waals surface area contributed by atoms with Gasteiger partial charge in [0.2, 0.25) is 0 Å². The van der Waals surface area contributed by atoms with Crippen LogP contribution in [0.25, 0.3) is 10.9 Å². The molecule has 1 heterocycles. The largest absolute Gasteiger partial charge is 0.504 e. The Balaban J connectivity index is 2.37. The van der Waals surface area contributed by atoms with Crippen molar-refractivity contribution in [3.05, 3.63) is 29.4 Å². The van der Waals surface area contributed by atoms with E-state index in [9.17, 15) is 10.2 Å². The molecule has 6 heteroatoms. The number of nitrogens with one attached hydrogen (secondary N) is 1. The van der Waals surface area contributed by atoms with Crippen molar-refractivity contribution in [2.45, 2.75) is 6.10 Å². The smallest absolute Gasteiger partial charge is 0.165 e. The first kappa shape index (κ1) is 12.9.